The third-order valence-electron chi connectivity index (χ3n) is 4.05. The molecule has 2 unspecified atom stereocenters. The van der Waals surface area contributed by atoms with E-state index in [-0.39, 0.29) is 11.5 Å². The number of urea groups is 2. The summed E-state index contributed by atoms with van der Waals surface area (Å²) in [7, 11) is -3.37. The van der Waals surface area contributed by atoms with Gasteiger partial charge in [0.2, 0.25) is 0 Å². The highest BCUT2D eigenvalue weighted by molar-refractivity contribution is 7.91. The van der Waals surface area contributed by atoms with E-state index in [2.05, 4.69) is 21.3 Å². The predicted octanol–water partition coefficient (Wildman–Crippen LogP) is 1.80. The molecule has 2 atom stereocenters. The van der Waals surface area contributed by atoms with Crippen LogP contribution >= 0.6 is 0 Å². The Morgan fingerprint density at radius 1 is 0.704 bits per heavy atom. The molecule has 4 N–H and O–H groups in total. The first-order chi connectivity index (χ1) is 12.9. The van der Waals surface area contributed by atoms with Crippen LogP contribution in [0.1, 0.15) is 0 Å². The molecule has 1 saturated heterocycles. The van der Waals surface area contributed by atoms with Gasteiger partial charge >= 0.3 is 12.1 Å². The van der Waals surface area contributed by atoms with Crippen molar-refractivity contribution in [2.75, 3.05) is 22.1 Å². The van der Waals surface area contributed by atoms with Gasteiger partial charge in [0, 0.05) is 11.4 Å². The monoisotopic (exact) mass is 388 g/mol. The van der Waals surface area contributed by atoms with E-state index >= 15 is 0 Å². The molecule has 1 heterocycles. The van der Waals surface area contributed by atoms with E-state index in [1.54, 1.807) is 48.5 Å². The molecule has 1 aliphatic heterocycles. The molecule has 1 fully saturated rings. The summed E-state index contributed by atoms with van der Waals surface area (Å²) in [5, 5.41) is 10.5. The minimum Gasteiger partial charge on any atom is -0.332 e. The van der Waals surface area contributed by atoms with E-state index < -0.39 is 34.0 Å². The van der Waals surface area contributed by atoms with Crippen molar-refractivity contribution in [3.63, 3.8) is 0 Å². The molecule has 2 aromatic rings. The lowest BCUT2D eigenvalue weighted by molar-refractivity contribution is 0.240. The predicted molar refractivity (Wildman–Crippen MR) is 103 cm³/mol. The Morgan fingerprint density at radius 3 is 1.44 bits per heavy atom. The third-order valence-corrected chi connectivity index (χ3v) is 5.78. The van der Waals surface area contributed by atoms with Gasteiger partial charge in [-0.25, -0.2) is 18.0 Å². The van der Waals surface area contributed by atoms with Gasteiger partial charge in [-0.05, 0) is 24.3 Å². The van der Waals surface area contributed by atoms with Gasteiger partial charge in [-0.1, -0.05) is 36.4 Å². The van der Waals surface area contributed by atoms with E-state index in [4.69, 9.17) is 0 Å². The summed E-state index contributed by atoms with van der Waals surface area (Å²) in [6.07, 6.45) is 0. The van der Waals surface area contributed by atoms with E-state index in [0.29, 0.717) is 11.4 Å². The number of carbonyl (C=O) groups excluding carboxylic acids is 2. The average molecular weight is 388 g/mol. The van der Waals surface area contributed by atoms with E-state index in [9.17, 15) is 18.0 Å². The number of para-hydroxylation sites is 2. The van der Waals surface area contributed by atoms with Crippen LogP contribution in [0.4, 0.5) is 21.0 Å². The van der Waals surface area contributed by atoms with Crippen molar-refractivity contribution >= 4 is 33.3 Å². The molecular formula is C18H20N4O4S. The van der Waals surface area contributed by atoms with Crippen molar-refractivity contribution in [1.82, 2.24) is 10.6 Å². The van der Waals surface area contributed by atoms with Gasteiger partial charge in [0.25, 0.3) is 0 Å². The molecule has 0 bridgehead atoms. The van der Waals surface area contributed by atoms with Crippen molar-refractivity contribution in [1.29, 1.82) is 0 Å². The third kappa shape index (κ3) is 5.45. The fourth-order valence-electron chi connectivity index (χ4n) is 2.85. The zero-order valence-corrected chi connectivity index (χ0v) is 15.2. The Balaban J connectivity index is 1.60. The van der Waals surface area contributed by atoms with Crippen LogP contribution in [0.5, 0.6) is 0 Å². The Hall–Kier alpha value is -3.07. The molecule has 0 aliphatic carbocycles. The van der Waals surface area contributed by atoms with Crippen LogP contribution in [0.25, 0.3) is 0 Å². The molecule has 9 heteroatoms. The first kappa shape index (κ1) is 18.7. The van der Waals surface area contributed by atoms with Crippen molar-refractivity contribution in [2.45, 2.75) is 12.1 Å². The Bertz CT molecular complexity index is 834. The minimum atomic E-state index is -3.37. The van der Waals surface area contributed by atoms with E-state index in [0.717, 1.165) is 0 Å². The highest BCUT2D eigenvalue weighted by atomic mass is 32.2. The van der Waals surface area contributed by atoms with Gasteiger partial charge in [-0.3, -0.25) is 0 Å². The number of rotatable bonds is 4. The Labute approximate surface area is 157 Å². The largest absolute Gasteiger partial charge is 0.332 e. The first-order valence-electron chi connectivity index (χ1n) is 8.37. The normalized spacial score (nSPS) is 20.4. The molecule has 0 saturated carbocycles. The van der Waals surface area contributed by atoms with Crippen LogP contribution in [0, 0.1) is 0 Å². The first-order valence-corrected chi connectivity index (χ1v) is 10.2. The van der Waals surface area contributed by atoms with Crippen molar-refractivity contribution in [3.05, 3.63) is 60.7 Å². The van der Waals surface area contributed by atoms with Gasteiger partial charge in [-0.2, -0.15) is 0 Å². The molecule has 27 heavy (non-hydrogen) atoms. The Kier molecular flexibility index (Phi) is 5.60. The zero-order chi connectivity index (χ0) is 19.3. The number of benzene rings is 2. The average Bonchev–Trinajstić information content (AvgIpc) is 2.89. The quantitative estimate of drug-likeness (QED) is 0.639. The molecule has 1 aliphatic rings. The molecule has 8 nitrogen and oxygen atoms in total. The smallest absolute Gasteiger partial charge is 0.319 e. The zero-order valence-electron chi connectivity index (χ0n) is 14.4. The second-order valence-corrected chi connectivity index (χ2v) is 8.37. The molecular weight excluding hydrogens is 368 g/mol. The number of amides is 4. The van der Waals surface area contributed by atoms with Crippen molar-refractivity contribution < 1.29 is 18.0 Å². The molecule has 142 valence electrons. The topological polar surface area (TPSA) is 116 Å². The summed E-state index contributed by atoms with van der Waals surface area (Å²) < 4.78 is 24.0. The number of sulfone groups is 1. The van der Waals surface area contributed by atoms with Gasteiger partial charge < -0.3 is 21.3 Å². The van der Waals surface area contributed by atoms with E-state index in [1.165, 1.54) is 0 Å². The summed E-state index contributed by atoms with van der Waals surface area (Å²) in [6, 6.07) is 15.1. The van der Waals surface area contributed by atoms with Crippen LogP contribution in [-0.2, 0) is 9.84 Å². The summed E-state index contributed by atoms with van der Waals surface area (Å²) in [5.74, 6) is -0.461. The van der Waals surface area contributed by atoms with E-state index in [1.807, 2.05) is 12.1 Å². The van der Waals surface area contributed by atoms with Crippen LogP contribution in [0.15, 0.2) is 60.7 Å². The lowest BCUT2D eigenvalue weighted by Crippen LogP contribution is -2.52. The number of anilines is 2. The van der Waals surface area contributed by atoms with Gasteiger partial charge in [0.05, 0.1) is 23.6 Å². The molecule has 0 radical (unpaired) electrons. The number of carbonyl (C=O) groups is 2. The highest BCUT2D eigenvalue weighted by Crippen LogP contribution is 2.14. The highest BCUT2D eigenvalue weighted by Gasteiger charge is 2.39. The van der Waals surface area contributed by atoms with Gasteiger partial charge in [-0.15, -0.1) is 0 Å². The molecule has 0 aromatic heterocycles. The molecule has 2 aromatic carbocycles. The number of hydrogen-bond donors (Lipinski definition) is 4. The summed E-state index contributed by atoms with van der Waals surface area (Å²) in [5.41, 5.74) is 1.17. The molecule has 0 spiro atoms. The van der Waals surface area contributed by atoms with Crippen LogP contribution in [0.3, 0.4) is 0 Å². The maximum absolute atomic E-state index is 12.2. The summed E-state index contributed by atoms with van der Waals surface area (Å²) >= 11 is 0. The van der Waals surface area contributed by atoms with Crippen molar-refractivity contribution in [3.8, 4) is 0 Å². The fourth-order valence-corrected chi connectivity index (χ4v) is 4.71. The number of nitrogens with one attached hydrogen (secondary N) is 4. The second-order valence-electron chi connectivity index (χ2n) is 6.22. The number of hydrogen-bond acceptors (Lipinski definition) is 4. The van der Waals surface area contributed by atoms with Gasteiger partial charge in [0.1, 0.15) is 0 Å². The van der Waals surface area contributed by atoms with Crippen LogP contribution in [-0.4, -0.2) is 44.1 Å². The fraction of sp³-hybridized carbons (Fsp3) is 0.222. The maximum Gasteiger partial charge on any atom is 0.319 e. The lowest BCUT2D eigenvalue weighted by Gasteiger charge is -2.21. The van der Waals surface area contributed by atoms with Crippen molar-refractivity contribution in [2.24, 2.45) is 0 Å². The molecule has 3 rings (SSSR count). The summed E-state index contributed by atoms with van der Waals surface area (Å²) in [6.45, 7) is 0. The SMILES string of the molecule is O=C(Nc1ccccc1)NC1CS(=O)(=O)CC1NC(=O)Nc1ccccc1. The van der Waals surface area contributed by atoms with Gasteiger partial charge in [0.15, 0.2) is 9.84 Å². The summed E-state index contributed by atoms with van der Waals surface area (Å²) in [4.78, 5) is 24.3. The lowest BCUT2D eigenvalue weighted by atomic mass is 10.2. The van der Waals surface area contributed by atoms with Crippen LogP contribution in [0.2, 0.25) is 0 Å². The maximum atomic E-state index is 12.2. The molecule has 4 amide bonds. The standard InChI is InChI=1S/C18H20N4O4S/c23-17(19-13-7-3-1-4-8-13)21-15-11-27(25,26)12-16(15)22-18(24)20-14-9-5-2-6-10-14/h1-10,15-16H,11-12H2,(H2,19,21,23)(H2,20,22,24). The van der Waals surface area contributed by atoms with Crippen LogP contribution < -0.4 is 21.3 Å². The Morgan fingerprint density at radius 2 is 1.07 bits per heavy atom. The second kappa shape index (κ2) is 8.09. The minimum absolute atomic E-state index is 0.231.